The molecular formula is C12H17N3O3. The molecule has 1 aliphatic rings. The van der Waals surface area contributed by atoms with Gasteiger partial charge < -0.3 is 20.5 Å². The highest BCUT2D eigenvalue weighted by molar-refractivity contribution is 5.92. The van der Waals surface area contributed by atoms with Gasteiger partial charge in [0.05, 0.1) is 25.9 Å². The number of pyridine rings is 1. The van der Waals surface area contributed by atoms with E-state index in [1.54, 1.807) is 23.2 Å². The van der Waals surface area contributed by atoms with Crippen LogP contribution in [0.5, 0.6) is 0 Å². The van der Waals surface area contributed by atoms with Crippen molar-refractivity contribution in [1.29, 1.82) is 0 Å². The van der Waals surface area contributed by atoms with E-state index in [0.29, 0.717) is 32.0 Å². The molecule has 1 atom stereocenters. The van der Waals surface area contributed by atoms with E-state index in [-0.39, 0.29) is 18.6 Å². The molecule has 1 aliphatic heterocycles. The molecule has 0 saturated carbocycles. The molecular weight excluding hydrogens is 234 g/mol. The maximum absolute atomic E-state index is 12.2. The zero-order valence-electron chi connectivity index (χ0n) is 10.1. The number of aliphatic hydroxyl groups excluding tert-OH is 1. The van der Waals surface area contributed by atoms with Gasteiger partial charge in [-0.2, -0.15) is 0 Å². The predicted molar refractivity (Wildman–Crippen MR) is 64.9 cm³/mol. The van der Waals surface area contributed by atoms with Gasteiger partial charge in [0.1, 0.15) is 5.69 Å². The quantitative estimate of drug-likeness (QED) is 0.747. The zero-order valence-corrected chi connectivity index (χ0v) is 10.1. The molecule has 1 saturated heterocycles. The number of aliphatic hydroxyl groups is 1. The summed E-state index contributed by atoms with van der Waals surface area (Å²) in [5, 5.41) is 9.23. The van der Waals surface area contributed by atoms with Crippen LogP contribution in [0.2, 0.25) is 0 Å². The van der Waals surface area contributed by atoms with Gasteiger partial charge in [-0.1, -0.05) is 6.07 Å². The summed E-state index contributed by atoms with van der Waals surface area (Å²) in [5.41, 5.74) is 6.73. The van der Waals surface area contributed by atoms with Gasteiger partial charge in [-0.3, -0.25) is 9.78 Å². The molecule has 98 valence electrons. The largest absolute Gasteiger partial charge is 0.394 e. The van der Waals surface area contributed by atoms with Gasteiger partial charge in [0.15, 0.2) is 0 Å². The number of hydrogen-bond acceptors (Lipinski definition) is 5. The summed E-state index contributed by atoms with van der Waals surface area (Å²) in [6.45, 7) is 1.63. The maximum atomic E-state index is 12.2. The smallest absolute Gasteiger partial charge is 0.272 e. The first kappa shape index (κ1) is 12.9. The van der Waals surface area contributed by atoms with Crippen LogP contribution >= 0.6 is 0 Å². The van der Waals surface area contributed by atoms with E-state index < -0.39 is 0 Å². The third-order valence-electron chi connectivity index (χ3n) is 2.98. The molecule has 2 heterocycles. The molecule has 1 amide bonds. The maximum Gasteiger partial charge on any atom is 0.272 e. The van der Waals surface area contributed by atoms with Crippen molar-refractivity contribution in [3.8, 4) is 0 Å². The van der Waals surface area contributed by atoms with Crippen molar-refractivity contribution in [3.63, 3.8) is 0 Å². The Bertz CT molecular complexity index is 408. The highest BCUT2D eigenvalue weighted by atomic mass is 16.5. The summed E-state index contributed by atoms with van der Waals surface area (Å²) in [7, 11) is 0. The molecule has 0 spiro atoms. The molecule has 0 aromatic carbocycles. The van der Waals surface area contributed by atoms with Gasteiger partial charge in [0.25, 0.3) is 5.91 Å². The highest BCUT2D eigenvalue weighted by Gasteiger charge is 2.28. The third-order valence-corrected chi connectivity index (χ3v) is 2.98. The van der Waals surface area contributed by atoms with Crippen molar-refractivity contribution in [2.45, 2.75) is 12.6 Å². The Hall–Kier alpha value is -1.50. The molecule has 0 aliphatic carbocycles. The van der Waals surface area contributed by atoms with Crippen LogP contribution < -0.4 is 5.73 Å². The molecule has 3 N–H and O–H groups in total. The Morgan fingerprint density at radius 2 is 2.44 bits per heavy atom. The lowest BCUT2D eigenvalue weighted by molar-refractivity contribution is -0.0186. The first-order valence-electron chi connectivity index (χ1n) is 5.91. The van der Waals surface area contributed by atoms with Gasteiger partial charge in [-0.25, -0.2) is 0 Å². The fourth-order valence-electron chi connectivity index (χ4n) is 1.89. The van der Waals surface area contributed by atoms with Crippen LogP contribution in [-0.4, -0.2) is 53.3 Å². The van der Waals surface area contributed by atoms with E-state index in [1.807, 2.05) is 0 Å². The summed E-state index contributed by atoms with van der Waals surface area (Å²) in [4.78, 5) is 17.9. The number of ether oxygens (including phenoxy) is 1. The fourth-order valence-corrected chi connectivity index (χ4v) is 1.89. The fraction of sp³-hybridized carbons (Fsp3) is 0.500. The second-order valence-corrected chi connectivity index (χ2v) is 4.17. The predicted octanol–water partition coefficient (Wildman–Crippen LogP) is -0.626. The molecule has 0 radical (unpaired) electrons. The molecule has 0 bridgehead atoms. The van der Waals surface area contributed by atoms with Crippen LogP contribution in [0.1, 0.15) is 16.1 Å². The number of carbonyl (C=O) groups is 1. The summed E-state index contributed by atoms with van der Waals surface area (Å²) >= 11 is 0. The lowest BCUT2D eigenvalue weighted by Crippen LogP contribution is -2.50. The Balaban J connectivity index is 2.13. The second-order valence-electron chi connectivity index (χ2n) is 4.17. The van der Waals surface area contributed by atoms with E-state index in [2.05, 4.69) is 4.98 Å². The minimum Gasteiger partial charge on any atom is -0.394 e. The minimum absolute atomic E-state index is 0.105. The van der Waals surface area contributed by atoms with Crippen molar-refractivity contribution in [1.82, 2.24) is 9.88 Å². The van der Waals surface area contributed by atoms with Crippen LogP contribution in [0.4, 0.5) is 0 Å². The van der Waals surface area contributed by atoms with E-state index >= 15 is 0 Å². The number of nitrogens with two attached hydrogens (primary N) is 1. The summed E-state index contributed by atoms with van der Waals surface area (Å²) < 4.78 is 5.23. The molecule has 1 aromatic rings. The van der Waals surface area contributed by atoms with Gasteiger partial charge in [0.2, 0.25) is 0 Å². The highest BCUT2D eigenvalue weighted by Crippen LogP contribution is 2.11. The van der Waals surface area contributed by atoms with Gasteiger partial charge >= 0.3 is 0 Å². The molecule has 6 nitrogen and oxygen atoms in total. The van der Waals surface area contributed by atoms with E-state index in [0.717, 1.165) is 5.56 Å². The standard InChI is InChI=1S/C12H17N3O3/c13-5-9-1-2-11(14-6-9)12(17)15-3-4-18-8-10(15)7-16/h1-2,6,10,16H,3-5,7-8,13H2. The number of amides is 1. The minimum atomic E-state index is -0.290. The van der Waals surface area contributed by atoms with Crippen molar-refractivity contribution in [2.24, 2.45) is 5.73 Å². The Labute approximate surface area is 105 Å². The van der Waals surface area contributed by atoms with Crippen LogP contribution in [0.15, 0.2) is 18.3 Å². The molecule has 6 heteroatoms. The Morgan fingerprint density at radius 3 is 3.06 bits per heavy atom. The summed E-state index contributed by atoms with van der Waals surface area (Å²) in [6.07, 6.45) is 1.60. The number of morpholine rings is 1. The number of aromatic nitrogens is 1. The van der Waals surface area contributed by atoms with Crippen molar-refractivity contribution in [3.05, 3.63) is 29.6 Å². The van der Waals surface area contributed by atoms with Gasteiger partial charge in [0, 0.05) is 19.3 Å². The molecule has 1 fully saturated rings. The average Bonchev–Trinajstić information content (AvgIpc) is 2.46. The number of nitrogens with zero attached hydrogens (tertiary/aromatic N) is 2. The van der Waals surface area contributed by atoms with Crippen molar-refractivity contribution >= 4 is 5.91 Å². The van der Waals surface area contributed by atoms with Crippen molar-refractivity contribution < 1.29 is 14.6 Å². The van der Waals surface area contributed by atoms with Crippen LogP contribution in [0.3, 0.4) is 0 Å². The number of hydrogen-bond donors (Lipinski definition) is 2. The lowest BCUT2D eigenvalue weighted by Gasteiger charge is -2.34. The Kier molecular flexibility index (Phi) is 4.24. The first-order valence-corrected chi connectivity index (χ1v) is 5.91. The SMILES string of the molecule is NCc1ccc(C(=O)N2CCOCC2CO)nc1. The molecule has 1 unspecified atom stereocenters. The molecule has 1 aromatic heterocycles. The summed E-state index contributed by atoms with van der Waals surface area (Å²) in [6, 6.07) is 3.16. The van der Waals surface area contributed by atoms with Crippen LogP contribution in [-0.2, 0) is 11.3 Å². The first-order chi connectivity index (χ1) is 8.76. The van der Waals surface area contributed by atoms with E-state index in [1.165, 1.54) is 0 Å². The molecule has 2 rings (SSSR count). The third kappa shape index (κ3) is 2.66. The summed E-state index contributed by atoms with van der Waals surface area (Å²) in [5.74, 6) is -0.180. The van der Waals surface area contributed by atoms with Crippen LogP contribution in [0, 0.1) is 0 Å². The van der Waals surface area contributed by atoms with Crippen molar-refractivity contribution in [2.75, 3.05) is 26.4 Å². The second kappa shape index (κ2) is 5.90. The van der Waals surface area contributed by atoms with Gasteiger partial charge in [-0.05, 0) is 11.6 Å². The number of carbonyl (C=O) groups excluding carboxylic acids is 1. The monoisotopic (exact) mass is 251 g/mol. The normalized spacial score (nSPS) is 19.9. The van der Waals surface area contributed by atoms with Crippen LogP contribution in [0.25, 0.3) is 0 Å². The number of rotatable bonds is 3. The Morgan fingerprint density at radius 1 is 1.61 bits per heavy atom. The topological polar surface area (TPSA) is 88.7 Å². The van der Waals surface area contributed by atoms with Gasteiger partial charge in [-0.15, -0.1) is 0 Å². The molecule has 18 heavy (non-hydrogen) atoms. The van der Waals surface area contributed by atoms with E-state index in [4.69, 9.17) is 10.5 Å². The average molecular weight is 251 g/mol. The van der Waals surface area contributed by atoms with E-state index in [9.17, 15) is 9.90 Å². The lowest BCUT2D eigenvalue weighted by atomic mass is 10.2. The zero-order chi connectivity index (χ0) is 13.0.